The van der Waals surface area contributed by atoms with Crippen molar-refractivity contribution >= 4 is 0 Å². The van der Waals surface area contributed by atoms with Crippen LogP contribution in [-0.2, 0) is 6.42 Å². The number of aromatic amines is 1. The summed E-state index contributed by atoms with van der Waals surface area (Å²) in [6.45, 7) is 4.03. The van der Waals surface area contributed by atoms with Crippen LogP contribution in [0, 0.1) is 0 Å². The highest BCUT2D eigenvalue weighted by Gasteiger charge is 2.32. The van der Waals surface area contributed by atoms with Crippen LogP contribution < -0.4 is 10.4 Å². The third-order valence-electron chi connectivity index (χ3n) is 2.77. The Bertz CT molecular complexity index is 626. The van der Waals surface area contributed by atoms with Gasteiger partial charge in [0.1, 0.15) is 17.0 Å². The number of fused-ring (bicyclic) bond motifs is 1. The topological polar surface area (TPSA) is 72.8 Å². The maximum atomic E-state index is 11.5. The van der Waals surface area contributed by atoms with Gasteiger partial charge in [0.05, 0.1) is 0 Å². The molecule has 1 aromatic carbocycles. The molecule has 0 spiro atoms. The Kier molecular flexibility index (Phi) is 1.89. The minimum atomic E-state index is -0.369. The predicted octanol–water partition coefficient (Wildman–Crippen LogP) is 0.669. The van der Waals surface area contributed by atoms with Gasteiger partial charge in [-0.3, -0.25) is 0 Å². The van der Waals surface area contributed by atoms with Crippen LogP contribution in [0.4, 0.5) is 0 Å². The number of hydrogen-bond acceptors (Lipinski definition) is 4. The number of para-hydroxylation sites is 1. The molecule has 6 nitrogen and oxygen atoms in total. The van der Waals surface area contributed by atoms with E-state index >= 15 is 0 Å². The summed E-state index contributed by atoms with van der Waals surface area (Å²) < 4.78 is 7.07. The number of rotatable bonds is 1. The van der Waals surface area contributed by atoms with E-state index in [0.717, 1.165) is 12.0 Å². The van der Waals surface area contributed by atoms with Gasteiger partial charge in [-0.05, 0) is 30.3 Å². The molecule has 0 bridgehead atoms. The van der Waals surface area contributed by atoms with Crippen LogP contribution >= 0.6 is 0 Å². The average molecular weight is 232 g/mol. The van der Waals surface area contributed by atoms with Crippen molar-refractivity contribution in [2.24, 2.45) is 0 Å². The Morgan fingerprint density at radius 1 is 1.47 bits per heavy atom. The maximum Gasteiger partial charge on any atom is 0.365 e. The first-order chi connectivity index (χ1) is 8.07. The molecule has 1 aliphatic heterocycles. The summed E-state index contributed by atoms with van der Waals surface area (Å²) in [5.41, 5.74) is 1.10. The Balaban J connectivity index is 2.20. The van der Waals surface area contributed by atoms with Crippen molar-refractivity contribution in [2.75, 3.05) is 0 Å². The van der Waals surface area contributed by atoms with Gasteiger partial charge < -0.3 is 4.74 Å². The lowest BCUT2D eigenvalue weighted by atomic mass is 10.0. The normalized spacial score (nSPS) is 16.6. The minimum absolute atomic E-state index is 0.244. The molecule has 3 rings (SSSR count). The molecule has 0 unspecified atom stereocenters. The summed E-state index contributed by atoms with van der Waals surface area (Å²) >= 11 is 0. The fourth-order valence-corrected chi connectivity index (χ4v) is 2.12. The zero-order chi connectivity index (χ0) is 12.0. The van der Waals surface area contributed by atoms with Crippen molar-refractivity contribution in [3.05, 3.63) is 34.2 Å². The summed E-state index contributed by atoms with van der Waals surface area (Å²) in [5, 5.41) is 9.48. The van der Waals surface area contributed by atoms with Gasteiger partial charge in [-0.2, -0.15) is 4.68 Å². The lowest BCUT2D eigenvalue weighted by Gasteiger charge is -2.17. The van der Waals surface area contributed by atoms with E-state index in [2.05, 4.69) is 15.5 Å². The zero-order valence-corrected chi connectivity index (χ0v) is 9.60. The van der Waals surface area contributed by atoms with Crippen molar-refractivity contribution in [2.45, 2.75) is 25.9 Å². The summed E-state index contributed by atoms with van der Waals surface area (Å²) in [7, 11) is 0. The van der Waals surface area contributed by atoms with E-state index in [4.69, 9.17) is 4.74 Å². The molecular formula is C11H12N4O2. The first kappa shape index (κ1) is 10.1. The molecule has 2 heterocycles. The van der Waals surface area contributed by atoms with E-state index in [1.54, 1.807) is 6.07 Å². The standard InChI is InChI=1S/C11H12N4O2/c1-11(2)6-7-4-3-5-8(9(7)17-11)15-10(16)12-13-14-15/h3-5H,6H2,1-2H3,(H,12,14,16). The van der Waals surface area contributed by atoms with Gasteiger partial charge in [0.2, 0.25) is 0 Å². The highest BCUT2D eigenvalue weighted by molar-refractivity contribution is 5.54. The van der Waals surface area contributed by atoms with E-state index in [0.29, 0.717) is 11.4 Å². The number of ether oxygens (including phenoxy) is 1. The molecule has 6 heteroatoms. The SMILES string of the molecule is CC1(C)Cc2cccc(-n3nn[nH]c3=O)c2O1. The van der Waals surface area contributed by atoms with Gasteiger partial charge in [-0.1, -0.05) is 12.1 Å². The molecule has 0 radical (unpaired) electrons. The van der Waals surface area contributed by atoms with Gasteiger partial charge >= 0.3 is 5.69 Å². The second-order valence-corrected chi connectivity index (χ2v) is 4.72. The number of hydrogen-bond donors (Lipinski definition) is 1. The summed E-state index contributed by atoms with van der Waals surface area (Å²) in [4.78, 5) is 11.5. The first-order valence-corrected chi connectivity index (χ1v) is 5.38. The highest BCUT2D eigenvalue weighted by Crippen LogP contribution is 2.38. The average Bonchev–Trinajstić information content (AvgIpc) is 2.78. The van der Waals surface area contributed by atoms with Crippen LogP contribution in [0.3, 0.4) is 0 Å². The molecule has 0 atom stereocenters. The van der Waals surface area contributed by atoms with Crippen LogP contribution in [0.5, 0.6) is 5.75 Å². The smallest absolute Gasteiger partial charge is 0.365 e. The van der Waals surface area contributed by atoms with Gasteiger partial charge in [0.15, 0.2) is 0 Å². The molecule has 0 saturated carbocycles. The molecule has 88 valence electrons. The van der Waals surface area contributed by atoms with Crippen LogP contribution in [0.1, 0.15) is 19.4 Å². The molecule has 0 aliphatic carbocycles. The van der Waals surface area contributed by atoms with Gasteiger partial charge in [-0.25, -0.2) is 9.89 Å². The van der Waals surface area contributed by atoms with Crippen LogP contribution in [0.25, 0.3) is 5.69 Å². The molecule has 2 aromatic rings. The van der Waals surface area contributed by atoms with Gasteiger partial charge in [0, 0.05) is 12.0 Å². The Morgan fingerprint density at radius 3 is 3.00 bits per heavy atom. The Labute approximate surface area is 97.2 Å². The fourth-order valence-electron chi connectivity index (χ4n) is 2.12. The van der Waals surface area contributed by atoms with E-state index in [9.17, 15) is 4.79 Å². The monoisotopic (exact) mass is 232 g/mol. The molecule has 17 heavy (non-hydrogen) atoms. The van der Waals surface area contributed by atoms with Gasteiger partial charge in [0.25, 0.3) is 0 Å². The summed E-state index contributed by atoms with van der Waals surface area (Å²) in [6.07, 6.45) is 0.822. The number of nitrogens with one attached hydrogen (secondary N) is 1. The van der Waals surface area contributed by atoms with Crippen molar-refractivity contribution in [1.82, 2.24) is 20.2 Å². The third kappa shape index (κ3) is 1.52. The molecule has 1 aromatic heterocycles. The van der Waals surface area contributed by atoms with E-state index < -0.39 is 0 Å². The number of benzene rings is 1. The van der Waals surface area contributed by atoms with E-state index in [1.807, 2.05) is 26.0 Å². The molecule has 0 saturated heterocycles. The fraction of sp³-hybridized carbons (Fsp3) is 0.364. The quantitative estimate of drug-likeness (QED) is 0.784. The second kappa shape index (κ2) is 3.19. The van der Waals surface area contributed by atoms with Crippen LogP contribution in [0.2, 0.25) is 0 Å². The lowest BCUT2D eigenvalue weighted by molar-refractivity contribution is 0.138. The number of aromatic nitrogens is 4. The van der Waals surface area contributed by atoms with Crippen LogP contribution in [-0.4, -0.2) is 25.8 Å². The number of nitrogens with zero attached hydrogens (tertiary/aromatic N) is 3. The third-order valence-corrected chi connectivity index (χ3v) is 2.77. The van der Waals surface area contributed by atoms with Crippen molar-refractivity contribution in [3.8, 4) is 11.4 Å². The summed E-state index contributed by atoms with van der Waals surface area (Å²) in [5.74, 6) is 0.716. The Morgan fingerprint density at radius 2 is 2.29 bits per heavy atom. The number of H-pyrrole nitrogens is 1. The molecule has 1 aliphatic rings. The molecule has 0 fully saturated rings. The molecular weight excluding hydrogens is 220 g/mol. The van der Waals surface area contributed by atoms with Gasteiger partial charge in [-0.15, -0.1) is 0 Å². The van der Waals surface area contributed by atoms with Crippen LogP contribution in [0.15, 0.2) is 23.0 Å². The summed E-state index contributed by atoms with van der Waals surface area (Å²) in [6, 6.07) is 5.68. The van der Waals surface area contributed by atoms with Crippen molar-refractivity contribution < 1.29 is 4.74 Å². The second-order valence-electron chi connectivity index (χ2n) is 4.72. The van der Waals surface area contributed by atoms with E-state index in [1.165, 1.54) is 4.68 Å². The highest BCUT2D eigenvalue weighted by atomic mass is 16.5. The predicted molar refractivity (Wildman–Crippen MR) is 60.4 cm³/mol. The van der Waals surface area contributed by atoms with Crippen molar-refractivity contribution in [3.63, 3.8) is 0 Å². The maximum absolute atomic E-state index is 11.5. The Hall–Kier alpha value is -2.11. The lowest BCUT2D eigenvalue weighted by Crippen LogP contribution is -2.25. The first-order valence-electron chi connectivity index (χ1n) is 5.38. The zero-order valence-electron chi connectivity index (χ0n) is 9.60. The van der Waals surface area contributed by atoms with Crippen molar-refractivity contribution in [1.29, 1.82) is 0 Å². The largest absolute Gasteiger partial charge is 0.485 e. The minimum Gasteiger partial charge on any atom is -0.485 e. The number of tetrazole rings is 1. The molecule has 0 amide bonds. The molecule has 1 N–H and O–H groups in total. The van der Waals surface area contributed by atoms with E-state index in [-0.39, 0.29) is 11.3 Å².